The van der Waals surface area contributed by atoms with Crippen molar-refractivity contribution in [2.75, 3.05) is 7.05 Å². The third-order valence-electron chi connectivity index (χ3n) is 3.11. The summed E-state index contributed by atoms with van der Waals surface area (Å²) in [6.07, 6.45) is 6.57. The molecule has 1 aromatic heterocycles. The fraction of sp³-hybridized carbons (Fsp3) is 0.600. The Balaban J connectivity index is 2.06. The Labute approximate surface area is 78.6 Å². The highest BCUT2D eigenvalue weighted by Gasteiger charge is 2.38. The number of aromatic nitrogens is 2. The average Bonchev–Trinajstić information content (AvgIpc) is 2.18. The summed E-state index contributed by atoms with van der Waals surface area (Å²) in [6.45, 7) is 2.27. The number of hydrogen-bond donors (Lipinski definition) is 1. The molecule has 1 aliphatic carbocycles. The van der Waals surface area contributed by atoms with E-state index in [0.29, 0.717) is 17.9 Å². The topological polar surface area (TPSA) is 37.8 Å². The summed E-state index contributed by atoms with van der Waals surface area (Å²) in [5.41, 5.74) is 1.14. The molecule has 3 unspecified atom stereocenters. The van der Waals surface area contributed by atoms with Gasteiger partial charge in [-0.2, -0.15) is 0 Å². The van der Waals surface area contributed by atoms with Crippen LogP contribution in [-0.2, 0) is 0 Å². The van der Waals surface area contributed by atoms with Gasteiger partial charge in [0.2, 0.25) is 0 Å². The number of nitrogens with zero attached hydrogens (tertiary/aromatic N) is 2. The van der Waals surface area contributed by atoms with Gasteiger partial charge in [0.15, 0.2) is 0 Å². The van der Waals surface area contributed by atoms with E-state index >= 15 is 0 Å². The van der Waals surface area contributed by atoms with Gasteiger partial charge in [-0.05, 0) is 19.4 Å². The summed E-state index contributed by atoms with van der Waals surface area (Å²) >= 11 is 0. The van der Waals surface area contributed by atoms with Crippen LogP contribution >= 0.6 is 0 Å². The molecule has 0 radical (unpaired) electrons. The second kappa shape index (κ2) is 3.42. The molecule has 13 heavy (non-hydrogen) atoms. The zero-order valence-electron chi connectivity index (χ0n) is 8.07. The Kier molecular flexibility index (Phi) is 2.27. The van der Waals surface area contributed by atoms with E-state index in [1.54, 1.807) is 12.4 Å². The first kappa shape index (κ1) is 8.63. The highest BCUT2D eigenvalue weighted by Crippen LogP contribution is 2.40. The van der Waals surface area contributed by atoms with E-state index in [9.17, 15) is 0 Å². The molecule has 1 N–H and O–H groups in total. The van der Waals surface area contributed by atoms with E-state index in [1.165, 1.54) is 6.42 Å². The Morgan fingerprint density at radius 2 is 2.31 bits per heavy atom. The summed E-state index contributed by atoms with van der Waals surface area (Å²) in [7, 11) is 2.02. The third-order valence-corrected chi connectivity index (χ3v) is 3.11. The fourth-order valence-electron chi connectivity index (χ4n) is 2.06. The predicted octanol–water partition coefficient (Wildman–Crippen LogP) is 1.19. The minimum Gasteiger partial charge on any atom is -0.317 e. The summed E-state index contributed by atoms with van der Waals surface area (Å²) in [5, 5.41) is 3.30. The van der Waals surface area contributed by atoms with Crippen LogP contribution in [0.25, 0.3) is 0 Å². The maximum atomic E-state index is 4.33. The first-order valence-corrected chi connectivity index (χ1v) is 4.76. The van der Waals surface area contributed by atoms with Gasteiger partial charge in [0.1, 0.15) is 0 Å². The molecule has 0 amide bonds. The van der Waals surface area contributed by atoms with Crippen LogP contribution < -0.4 is 5.32 Å². The molecule has 3 atom stereocenters. The molecule has 0 saturated heterocycles. The van der Waals surface area contributed by atoms with E-state index in [4.69, 9.17) is 0 Å². The lowest BCUT2D eigenvalue weighted by atomic mass is 9.69. The zero-order chi connectivity index (χ0) is 9.26. The van der Waals surface area contributed by atoms with E-state index in [-0.39, 0.29) is 0 Å². The average molecular weight is 177 g/mol. The van der Waals surface area contributed by atoms with Crippen LogP contribution in [0.3, 0.4) is 0 Å². The normalized spacial score (nSPS) is 32.6. The molecule has 0 spiro atoms. The summed E-state index contributed by atoms with van der Waals surface area (Å²) in [4.78, 5) is 8.42. The maximum Gasteiger partial charge on any atom is 0.0621 e. The Morgan fingerprint density at radius 3 is 2.85 bits per heavy atom. The molecule has 0 aromatic carbocycles. The Morgan fingerprint density at radius 1 is 1.46 bits per heavy atom. The van der Waals surface area contributed by atoms with Crippen LogP contribution in [0.15, 0.2) is 18.6 Å². The van der Waals surface area contributed by atoms with E-state index < -0.39 is 0 Å². The molecule has 0 aliphatic heterocycles. The van der Waals surface area contributed by atoms with Gasteiger partial charge in [0.05, 0.1) is 5.69 Å². The van der Waals surface area contributed by atoms with Crippen molar-refractivity contribution < 1.29 is 0 Å². The SMILES string of the molecule is CNC1CC(c2cnccn2)C1C. The highest BCUT2D eigenvalue weighted by molar-refractivity contribution is 5.13. The second-order valence-corrected chi connectivity index (χ2v) is 3.73. The monoisotopic (exact) mass is 177 g/mol. The molecule has 1 heterocycles. The molecular weight excluding hydrogens is 162 g/mol. The van der Waals surface area contributed by atoms with Crippen molar-refractivity contribution in [3.05, 3.63) is 24.3 Å². The van der Waals surface area contributed by atoms with Gasteiger partial charge in [-0.15, -0.1) is 0 Å². The Hall–Kier alpha value is -0.960. The van der Waals surface area contributed by atoms with Crippen LogP contribution in [0.4, 0.5) is 0 Å². The van der Waals surface area contributed by atoms with Gasteiger partial charge in [-0.25, -0.2) is 0 Å². The van der Waals surface area contributed by atoms with Gasteiger partial charge < -0.3 is 5.32 Å². The number of rotatable bonds is 2. The molecule has 3 heteroatoms. The van der Waals surface area contributed by atoms with Crippen molar-refractivity contribution in [3.63, 3.8) is 0 Å². The lowest BCUT2D eigenvalue weighted by Gasteiger charge is -2.42. The molecule has 1 fully saturated rings. The van der Waals surface area contributed by atoms with Crippen LogP contribution in [0.5, 0.6) is 0 Å². The maximum absolute atomic E-state index is 4.33. The van der Waals surface area contributed by atoms with Crippen molar-refractivity contribution in [2.45, 2.75) is 25.3 Å². The first-order chi connectivity index (χ1) is 6.33. The molecule has 1 aliphatic rings. The quantitative estimate of drug-likeness (QED) is 0.737. The standard InChI is InChI=1S/C10H15N3/c1-7-8(5-9(7)11-2)10-6-12-3-4-13-10/h3-4,6-9,11H,5H2,1-2H3. The van der Waals surface area contributed by atoms with Gasteiger partial charge in [-0.1, -0.05) is 6.92 Å². The van der Waals surface area contributed by atoms with Crippen molar-refractivity contribution in [1.29, 1.82) is 0 Å². The van der Waals surface area contributed by atoms with Crippen molar-refractivity contribution in [3.8, 4) is 0 Å². The van der Waals surface area contributed by atoms with Gasteiger partial charge in [0, 0.05) is 30.6 Å². The summed E-state index contributed by atoms with van der Waals surface area (Å²) in [5.74, 6) is 1.29. The first-order valence-electron chi connectivity index (χ1n) is 4.76. The number of nitrogens with one attached hydrogen (secondary N) is 1. The summed E-state index contributed by atoms with van der Waals surface area (Å²) in [6, 6.07) is 0.659. The van der Waals surface area contributed by atoms with E-state index in [2.05, 4.69) is 22.2 Å². The van der Waals surface area contributed by atoms with Crippen molar-refractivity contribution >= 4 is 0 Å². The van der Waals surface area contributed by atoms with Crippen LogP contribution in [0.1, 0.15) is 25.0 Å². The number of hydrogen-bond acceptors (Lipinski definition) is 3. The fourth-order valence-corrected chi connectivity index (χ4v) is 2.06. The molecule has 70 valence electrons. The lowest BCUT2D eigenvalue weighted by molar-refractivity contribution is 0.190. The van der Waals surface area contributed by atoms with Crippen molar-refractivity contribution in [1.82, 2.24) is 15.3 Å². The largest absolute Gasteiger partial charge is 0.317 e. The molecule has 2 rings (SSSR count). The zero-order valence-corrected chi connectivity index (χ0v) is 8.07. The van der Waals surface area contributed by atoms with Gasteiger partial charge in [-0.3, -0.25) is 9.97 Å². The highest BCUT2D eigenvalue weighted by atomic mass is 14.9. The van der Waals surface area contributed by atoms with E-state index in [1.807, 2.05) is 13.2 Å². The molecule has 1 saturated carbocycles. The molecular formula is C10H15N3. The second-order valence-electron chi connectivity index (χ2n) is 3.73. The van der Waals surface area contributed by atoms with Crippen molar-refractivity contribution in [2.24, 2.45) is 5.92 Å². The van der Waals surface area contributed by atoms with Gasteiger partial charge >= 0.3 is 0 Å². The summed E-state index contributed by atoms with van der Waals surface area (Å²) < 4.78 is 0. The smallest absolute Gasteiger partial charge is 0.0621 e. The molecule has 3 nitrogen and oxygen atoms in total. The van der Waals surface area contributed by atoms with E-state index in [0.717, 1.165) is 5.69 Å². The third kappa shape index (κ3) is 1.44. The van der Waals surface area contributed by atoms with Gasteiger partial charge in [0.25, 0.3) is 0 Å². The Bertz CT molecular complexity index is 273. The lowest BCUT2D eigenvalue weighted by Crippen LogP contribution is -2.46. The van der Waals surface area contributed by atoms with Crippen LogP contribution in [-0.4, -0.2) is 23.1 Å². The minimum atomic E-state index is 0.603. The van der Waals surface area contributed by atoms with Crippen LogP contribution in [0.2, 0.25) is 0 Å². The minimum absolute atomic E-state index is 0.603. The molecule has 1 aromatic rings. The predicted molar refractivity (Wildman–Crippen MR) is 51.4 cm³/mol. The van der Waals surface area contributed by atoms with Crippen LogP contribution in [0, 0.1) is 5.92 Å². The molecule has 0 bridgehead atoms.